The van der Waals surface area contributed by atoms with E-state index in [2.05, 4.69) is 15.9 Å². The molecular formula is C10H7BrN2O2. The Morgan fingerprint density at radius 1 is 1.07 bits per heavy atom. The van der Waals surface area contributed by atoms with Gasteiger partial charge in [-0.3, -0.25) is 9.59 Å². The van der Waals surface area contributed by atoms with Gasteiger partial charge in [0.25, 0.3) is 0 Å². The molecule has 1 aliphatic carbocycles. The molecule has 0 amide bonds. The molecule has 5 heteroatoms. The number of hydrogen-bond acceptors (Lipinski definition) is 4. The number of halogens is 1. The van der Waals surface area contributed by atoms with Gasteiger partial charge >= 0.3 is 0 Å². The van der Waals surface area contributed by atoms with Crippen LogP contribution in [0.4, 0.5) is 5.69 Å². The molecule has 0 unspecified atom stereocenters. The van der Waals surface area contributed by atoms with Gasteiger partial charge in [-0.25, -0.2) is 0 Å². The number of allylic oxidation sites excluding steroid dienone is 2. The number of carbonyl (C=O) groups is 2. The van der Waals surface area contributed by atoms with Crippen LogP contribution in [-0.4, -0.2) is 11.6 Å². The maximum Gasteiger partial charge on any atom is 0.212 e. The summed E-state index contributed by atoms with van der Waals surface area (Å²) < 4.78 is 0.102. The maximum atomic E-state index is 11.7. The van der Waals surface area contributed by atoms with Crippen LogP contribution < -0.4 is 11.5 Å². The molecule has 1 aromatic carbocycles. The number of Topliss-reactive ketones (excluding diaryl/α,β-unsaturated/α-hetero) is 2. The topological polar surface area (TPSA) is 86.2 Å². The largest absolute Gasteiger partial charge is 0.398 e. The van der Waals surface area contributed by atoms with E-state index in [9.17, 15) is 9.59 Å². The molecule has 0 heterocycles. The van der Waals surface area contributed by atoms with Gasteiger partial charge in [-0.05, 0) is 22.0 Å². The van der Waals surface area contributed by atoms with E-state index in [1.807, 2.05) is 0 Å². The number of ketones is 2. The molecule has 0 bridgehead atoms. The zero-order valence-electron chi connectivity index (χ0n) is 7.58. The fourth-order valence-corrected chi connectivity index (χ4v) is 1.88. The lowest BCUT2D eigenvalue weighted by atomic mass is 9.91. The van der Waals surface area contributed by atoms with Gasteiger partial charge in [-0.2, -0.15) is 0 Å². The Hall–Kier alpha value is -1.62. The molecule has 0 spiro atoms. The summed E-state index contributed by atoms with van der Waals surface area (Å²) in [5.41, 5.74) is 11.8. The van der Waals surface area contributed by atoms with E-state index < -0.39 is 5.78 Å². The van der Waals surface area contributed by atoms with E-state index in [1.54, 1.807) is 18.2 Å². The Labute approximate surface area is 94.1 Å². The van der Waals surface area contributed by atoms with E-state index in [0.29, 0.717) is 5.56 Å². The van der Waals surface area contributed by atoms with Crippen molar-refractivity contribution in [3.05, 3.63) is 39.5 Å². The van der Waals surface area contributed by atoms with Crippen LogP contribution in [-0.2, 0) is 0 Å². The highest BCUT2D eigenvalue weighted by molar-refractivity contribution is 9.12. The van der Waals surface area contributed by atoms with Crippen molar-refractivity contribution < 1.29 is 9.59 Å². The van der Waals surface area contributed by atoms with Crippen LogP contribution >= 0.6 is 15.9 Å². The van der Waals surface area contributed by atoms with Gasteiger partial charge in [-0.1, -0.05) is 12.1 Å². The molecule has 4 N–H and O–H groups in total. The summed E-state index contributed by atoms with van der Waals surface area (Å²) in [5, 5.41) is 0. The molecule has 1 aliphatic rings. The first-order chi connectivity index (χ1) is 7.04. The average Bonchev–Trinajstić information content (AvgIpc) is 2.23. The first-order valence-corrected chi connectivity index (χ1v) is 4.96. The van der Waals surface area contributed by atoms with Crippen LogP contribution in [0.2, 0.25) is 0 Å². The minimum Gasteiger partial charge on any atom is -0.398 e. The van der Waals surface area contributed by atoms with Gasteiger partial charge in [0.1, 0.15) is 0 Å². The number of fused-ring (bicyclic) bond motifs is 1. The number of rotatable bonds is 0. The zero-order valence-corrected chi connectivity index (χ0v) is 9.17. The molecule has 4 nitrogen and oxygen atoms in total. The summed E-state index contributed by atoms with van der Waals surface area (Å²) in [4.78, 5) is 23.5. The normalized spacial score (nSPS) is 15.5. The molecule has 0 aliphatic heterocycles. The summed E-state index contributed by atoms with van der Waals surface area (Å²) >= 11 is 3.00. The molecule has 1 aromatic rings. The number of nitrogens with two attached hydrogens (primary N) is 2. The Morgan fingerprint density at radius 2 is 1.73 bits per heavy atom. The quantitative estimate of drug-likeness (QED) is 0.692. The standard InChI is InChI=1S/C10H7BrN2O2/c11-7-8(13)10(15)6-4(9(7)14)2-1-3-5(6)12/h1-3H,12-13H2. The summed E-state index contributed by atoms with van der Waals surface area (Å²) in [5.74, 6) is -0.719. The van der Waals surface area contributed by atoms with Crippen LogP contribution in [0.1, 0.15) is 20.7 Å². The summed E-state index contributed by atoms with van der Waals surface area (Å²) in [7, 11) is 0. The first kappa shape index (κ1) is 9.92. The third kappa shape index (κ3) is 1.27. The molecular weight excluding hydrogens is 260 g/mol. The highest BCUT2D eigenvalue weighted by Gasteiger charge is 2.30. The van der Waals surface area contributed by atoms with Gasteiger partial charge in [0, 0.05) is 11.3 Å². The molecule has 0 fully saturated rings. The molecule has 0 radical (unpaired) electrons. The van der Waals surface area contributed by atoms with Crippen molar-refractivity contribution in [2.75, 3.05) is 5.73 Å². The van der Waals surface area contributed by atoms with Crippen molar-refractivity contribution in [1.82, 2.24) is 0 Å². The molecule has 15 heavy (non-hydrogen) atoms. The monoisotopic (exact) mass is 266 g/mol. The lowest BCUT2D eigenvalue weighted by molar-refractivity contribution is 0.0981. The number of carbonyl (C=O) groups excluding carboxylic acids is 2. The van der Waals surface area contributed by atoms with Crippen LogP contribution in [0.15, 0.2) is 28.4 Å². The average molecular weight is 267 g/mol. The second-order valence-electron chi connectivity index (χ2n) is 3.16. The number of nitrogen functional groups attached to an aromatic ring is 1. The van der Waals surface area contributed by atoms with E-state index in [4.69, 9.17) is 11.5 Å². The van der Waals surface area contributed by atoms with Crippen molar-refractivity contribution in [3.8, 4) is 0 Å². The van der Waals surface area contributed by atoms with Crippen LogP contribution in [0.25, 0.3) is 0 Å². The summed E-state index contributed by atoms with van der Waals surface area (Å²) in [6.07, 6.45) is 0. The predicted molar refractivity (Wildman–Crippen MR) is 59.7 cm³/mol. The van der Waals surface area contributed by atoms with Gasteiger partial charge in [0.15, 0.2) is 0 Å². The lowest BCUT2D eigenvalue weighted by Gasteiger charge is -2.16. The fraction of sp³-hybridized carbons (Fsp3) is 0. The van der Waals surface area contributed by atoms with E-state index >= 15 is 0 Å². The van der Waals surface area contributed by atoms with Crippen molar-refractivity contribution in [3.63, 3.8) is 0 Å². The van der Waals surface area contributed by atoms with Crippen molar-refractivity contribution >= 4 is 33.2 Å². The van der Waals surface area contributed by atoms with E-state index in [1.165, 1.54) is 0 Å². The van der Waals surface area contributed by atoms with Crippen molar-refractivity contribution in [1.29, 1.82) is 0 Å². The lowest BCUT2D eigenvalue weighted by Crippen LogP contribution is -2.25. The number of hydrogen-bond donors (Lipinski definition) is 2. The van der Waals surface area contributed by atoms with Gasteiger partial charge in [-0.15, -0.1) is 0 Å². The molecule has 0 saturated carbocycles. The smallest absolute Gasteiger partial charge is 0.212 e. The summed E-state index contributed by atoms with van der Waals surface area (Å²) in [6, 6.07) is 4.75. The SMILES string of the molecule is NC1=C(Br)C(=O)c2cccc(N)c2C1=O. The van der Waals surface area contributed by atoms with Crippen molar-refractivity contribution in [2.24, 2.45) is 5.73 Å². The minimum atomic E-state index is -0.408. The third-order valence-corrected chi connectivity index (χ3v) is 3.04. The fourth-order valence-electron chi connectivity index (χ4n) is 1.49. The van der Waals surface area contributed by atoms with Crippen molar-refractivity contribution in [2.45, 2.75) is 0 Å². The van der Waals surface area contributed by atoms with E-state index in [-0.39, 0.29) is 27.2 Å². The Morgan fingerprint density at radius 3 is 2.40 bits per heavy atom. The van der Waals surface area contributed by atoms with Gasteiger partial charge in [0.05, 0.1) is 15.7 Å². The van der Waals surface area contributed by atoms with Crippen LogP contribution in [0.3, 0.4) is 0 Å². The van der Waals surface area contributed by atoms with Gasteiger partial charge in [0.2, 0.25) is 11.6 Å². The second-order valence-corrected chi connectivity index (χ2v) is 3.95. The van der Waals surface area contributed by atoms with E-state index in [0.717, 1.165) is 0 Å². The molecule has 2 rings (SSSR count). The van der Waals surface area contributed by atoms with Crippen LogP contribution in [0.5, 0.6) is 0 Å². The second kappa shape index (κ2) is 3.20. The number of benzene rings is 1. The highest BCUT2D eigenvalue weighted by atomic mass is 79.9. The molecule has 0 atom stereocenters. The molecule has 0 saturated heterocycles. The highest BCUT2D eigenvalue weighted by Crippen LogP contribution is 2.30. The van der Waals surface area contributed by atoms with Crippen LogP contribution in [0, 0.1) is 0 Å². The molecule has 0 aromatic heterocycles. The number of anilines is 1. The summed E-state index contributed by atoms with van der Waals surface area (Å²) in [6.45, 7) is 0. The Bertz CT molecular complexity index is 520. The minimum absolute atomic E-state index is 0.0922. The van der Waals surface area contributed by atoms with Gasteiger partial charge < -0.3 is 11.5 Å². The first-order valence-electron chi connectivity index (χ1n) is 4.17. The Balaban J connectivity index is 2.79. The third-order valence-electron chi connectivity index (χ3n) is 2.25. The Kier molecular flexibility index (Phi) is 2.12. The zero-order chi connectivity index (χ0) is 11.2. The maximum absolute atomic E-state index is 11.7. The molecule has 76 valence electrons. The predicted octanol–water partition coefficient (Wildman–Crippen LogP) is 1.21.